The predicted octanol–water partition coefficient (Wildman–Crippen LogP) is -0.330. The topological polar surface area (TPSA) is 102 Å². The molecular formula is C9H11N4O3-. The van der Waals surface area contributed by atoms with E-state index in [1.54, 1.807) is 12.1 Å². The number of hydrazine groups is 1. The Hall–Kier alpha value is -1.99. The highest BCUT2D eigenvalue weighted by molar-refractivity contribution is 5.82. The Kier molecular flexibility index (Phi) is 2.55. The Balaban J connectivity index is 2.51. The number of guanidine groups is 1. The van der Waals surface area contributed by atoms with Gasteiger partial charge in [-0.15, -0.1) is 0 Å². The standard InChI is InChI=1S/C9H11N4O3/c10-9-11(5-6-14)13(16)8-4-2-1-3-7(8)12(9)15/h1-4,14H,5-6,10H2/q-1. The van der Waals surface area contributed by atoms with E-state index in [1.807, 2.05) is 0 Å². The third kappa shape index (κ3) is 1.42. The van der Waals surface area contributed by atoms with Gasteiger partial charge in [-0.05, 0) is 12.1 Å². The maximum atomic E-state index is 11.8. The number of fused-ring (bicyclic) bond motifs is 1. The minimum absolute atomic E-state index is 0.0254. The zero-order valence-corrected chi connectivity index (χ0v) is 8.41. The molecule has 86 valence electrons. The van der Waals surface area contributed by atoms with Gasteiger partial charge in [-0.1, -0.05) is 12.1 Å². The third-order valence-electron chi connectivity index (χ3n) is 2.31. The lowest BCUT2D eigenvalue weighted by Gasteiger charge is -2.42. The fraction of sp³-hybridized carbons (Fsp3) is 0.222. The van der Waals surface area contributed by atoms with Crippen LogP contribution in [0.2, 0.25) is 0 Å². The van der Waals surface area contributed by atoms with Crippen LogP contribution in [0.15, 0.2) is 24.3 Å². The van der Waals surface area contributed by atoms with Crippen LogP contribution in [0.3, 0.4) is 0 Å². The van der Waals surface area contributed by atoms with E-state index in [4.69, 9.17) is 10.8 Å². The Bertz CT molecular complexity index is 435. The number of nitrogens with zero attached hydrogens (tertiary/aromatic N) is 3. The lowest BCUT2D eigenvalue weighted by Crippen LogP contribution is -2.54. The molecule has 1 heterocycles. The molecule has 0 unspecified atom stereocenters. The van der Waals surface area contributed by atoms with Crippen LogP contribution < -0.4 is 10.9 Å². The summed E-state index contributed by atoms with van der Waals surface area (Å²) >= 11 is 0. The molecule has 0 saturated carbocycles. The number of hydrogen-bond donors (Lipinski definition) is 2. The number of aliphatic hydroxyl groups excluding tert-OH is 1. The van der Waals surface area contributed by atoms with E-state index in [9.17, 15) is 10.4 Å². The van der Waals surface area contributed by atoms with E-state index in [0.717, 1.165) is 5.01 Å². The van der Waals surface area contributed by atoms with Crippen molar-refractivity contribution < 1.29 is 9.85 Å². The molecule has 7 nitrogen and oxygen atoms in total. The molecular weight excluding hydrogens is 212 g/mol. The minimum Gasteiger partial charge on any atom is -0.740 e. The van der Waals surface area contributed by atoms with Crippen LogP contribution in [0.25, 0.3) is 0 Å². The fourth-order valence-electron chi connectivity index (χ4n) is 1.55. The first-order chi connectivity index (χ1) is 7.66. The third-order valence-corrected chi connectivity index (χ3v) is 2.31. The molecule has 0 amide bonds. The van der Waals surface area contributed by atoms with Crippen molar-refractivity contribution in [1.29, 1.82) is 0 Å². The molecule has 0 aliphatic carbocycles. The first-order valence-corrected chi connectivity index (χ1v) is 4.71. The lowest BCUT2D eigenvalue weighted by atomic mass is 10.2. The molecule has 1 aliphatic rings. The van der Waals surface area contributed by atoms with Gasteiger partial charge >= 0.3 is 5.96 Å². The smallest absolute Gasteiger partial charge is 0.373 e. The second kappa shape index (κ2) is 3.87. The number of anilines is 1. The van der Waals surface area contributed by atoms with Crippen LogP contribution >= 0.6 is 0 Å². The molecule has 0 saturated heterocycles. The van der Waals surface area contributed by atoms with Crippen molar-refractivity contribution in [2.24, 2.45) is 5.73 Å². The monoisotopic (exact) mass is 223 g/mol. The Labute approximate surface area is 91.7 Å². The summed E-state index contributed by atoms with van der Waals surface area (Å²) in [4.78, 5) is 0. The van der Waals surface area contributed by atoms with Crippen LogP contribution in [0.1, 0.15) is 0 Å². The molecule has 0 fully saturated rings. The van der Waals surface area contributed by atoms with Gasteiger partial charge in [0.05, 0.1) is 12.3 Å². The highest BCUT2D eigenvalue weighted by Gasteiger charge is 2.26. The van der Waals surface area contributed by atoms with Crippen LogP contribution in [0.5, 0.6) is 0 Å². The Morgan fingerprint density at radius 2 is 2.06 bits per heavy atom. The van der Waals surface area contributed by atoms with Gasteiger partial charge < -0.3 is 15.5 Å². The first-order valence-electron chi connectivity index (χ1n) is 4.71. The maximum absolute atomic E-state index is 11.8. The second-order valence-electron chi connectivity index (χ2n) is 3.26. The van der Waals surface area contributed by atoms with Crippen molar-refractivity contribution in [1.82, 2.24) is 5.01 Å². The fourth-order valence-corrected chi connectivity index (χ4v) is 1.55. The average Bonchev–Trinajstić information content (AvgIpc) is 2.32. The zero-order valence-electron chi connectivity index (χ0n) is 8.41. The van der Waals surface area contributed by atoms with E-state index < -0.39 is 0 Å². The average molecular weight is 223 g/mol. The quantitative estimate of drug-likeness (QED) is 0.525. The minimum atomic E-state index is -0.268. The Morgan fingerprint density at radius 3 is 2.75 bits per heavy atom. The number of aliphatic hydroxyl groups is 1. The number of nitrogens with two attached hydrogens (primary N) is 1. The van der Waals surface area contributed by atoms with Crippen molar-refractivity contribution >= 4 is 17.3 Å². The van der Waals surface area contributed by atoms with Gasteiger partial charge in [0.1, 0.15) is 12.2 Å². The molecule has 3 N–H and O–H groups in total. The maximum Gasteiger partial charge on any atom is 0.373 e. The van der Waals surface area contributed by atoms with Crippen molar-refractivity contribution in [2.75, 3.05) is 18.3 Å². The summed E-state index contributed by atoms with van der Waals surface area (Å²) in [5.74, 6) is -0.247. The highest BCUT2D eigenvalue weighted by atomic mass is 16.6. The molecule has 1 aromatic rings. The van der Waals surface area contributed by atoms with Gasteiger partial charge in [0.25, 0.3) is 0 Å². The van der Waals surface area contributed by atoms with Crippen LogP contribution in [-0.4, -0.2) is 34.0 Å². The van der Waals surface area contributed by atoms with Crippen LogP contribution in [0, 0.1) is 10.4 Å². The zero-order chi connectivity index (χ0) is 11.7. The van der Waals surface area contributed by atoms with Crippen molar-refractivity contribution in [3.63, 3.8) is 0 Å². The van der Waals surface area contributed by atoms with Gasteiger partial charge in [0, 0.05) is 0 Å². The summed E-state index contributed by atoms with van der Waals surface area (Å²) in [6.07, 6.45) is 0. The van der Waals surface area contributed by atoms with Gasteiger partial charge in [-0.2, -0.15) is 5.01 Å². The van der Waals surface area contributed by atoms with E-state index >= 15 is 0 Å². The SMILES string of the molecule is NC1=[N+]([O-])c2ccccc2N([O-])N1CCO. The molecule has 2 rings (SSSR count). The number of rotatable bonds is 2. The summed E-state index contributed by atoms with van der Waals surface area (Å²) in [5, 5.41) is 33.8. The summed E-state index contributed by atoms with van der Waals surface area (Å²) in [6.45, 7) is -0.294. The van der Waals surface area contributed by atoms with Crippen LogP contribution in [-0.2, 0) is 0 Å². The van der Waals surface area contributed by atoms with Gasteiger partial charge in [-0.25, -0.2) is 4.74 Å². The number of para-hydroxylation sites is 2. The lowest BCUT2D eigenvalue weighted by molar-refractivity contribution is -0.372. The molecule has 0 atom stereocenters. The highest BCUT2D eigenvalue weighted by Crippen LogP contribution is 2.31. The van der Waals surface area contributed by atoms with E-state index in [0.29, 0.717) is 9.91 Å². The Morgan fingerprint density at radius 1 is 1.38 bits per heavy atom. The van der Waals surface area contributed by atoms with E-state index in [2.05, 4.69) is 0 Å². The number of β-amino-alcohol motifs (C(OH)–C–C–N with tert-alkyl or cyclic N) is 1. The first kappa shape index (κ1) is 10.5. The largest absolute Gasteiger partial charge is 0.740 e. The van der Waals surface area contributed by atoms with Gasteiger partial charge in [0.2, 0.25) is 0 Å². The summed E-state index contributed by atoms with van der Waals surface area (Å²) in [5.41, 5.74) is 5.92. The molecule has 1 aromatic carbocycles. The van der Waals surface area contributed by atoms with E-state index in [-0.39, 0.29) is 30.5 Å². The molecule has 0 aromatic heterocycles. The molecule has 1 aliphatic heterocycles. The summed E-state index contributed by atoms with van der Waals surface area (Å²) in [6, 6.07) is 6.32. The summed E-state index contributed by atoms with van der Waals surface area (Å²) < 4.78 is 0.472. The molecule has 7 heteroatoms. The number of hydrogen-bond acceptors (Lipinski definition) is 6. The van der Waals surface area contributed by atoms with Crippen molar-refractivity contribution in [3.8, 4) is 0 Å². The normalized spacial score (nSPS) is 15.4. The molecule has 0 spiro atoms. The van der Waals surface area contributed by atoms with Crippen molar-refractivity contribution in [3.05, 3.63) is 34.7 Å². The summed E-state index contributed by atoms with van der Waals surface area (Å²) in [7, 11) is 0. The molecule has 0 radical (unpaired) electrons. The van der Waals surface area contributed by atoms with E-state index in [1.165, 1.54) is 12.1 Å². The molecule has 16 heavy (non-hydrogen) atoms. The van der Waals surface area contributed by atoms with Gasteiger partial charge in [0.15, 0.2) is 0 Å². The van der Waals surface area contributed by atoms with Crippen LogP contribution in [0.4, 0.5) is 11.4 Å². The predicted molar refractivity (Wildman–Crippen MR) is 58.6 cm³/mol. The second-order valence-corrected chi connectivity index (χ2v) is 3.26. The molecule has 0 bridgehead atoms. The van der Waals surface area contributed by atoms with Crippen molar-refractivity contribution in [2.45, 2.75) is 0 Å². The van der Waals surface area contributed by atoms with Gasteiger partial charge in [-0.3, -0.25) is 10.9 Å². The number of benzene rings is 1.